The molecule has 0 bridgehead atoms. The average Bonchev–Trinajstić information content (AvgIpc) is 3.36. The molecule has 1 heterocycles. The first kappa shape index (κ1) is 20.9. The number of aromatic nitrogens is 3. The summed E-state index contributed by atoms with van der Waals surface area (Å²) in [6, 6.07) is 10.2. The summed E-state index contributed by atoms with van der Waals surface area (Å²) >= 11 is 1.40. The fourth-order valence-corrected chi connectivity index (χ4v) is 4.52. The molecule has 2 aromatic rings. The van der Waals surface area contributed by atoms with Gasteiger partial charge in [-0.25, -0.2) is 4.98 Å². The van der Waals surface area contributed by atoms with Crippen molar-refractivity contribution in [3.63, 3.8) is 0 Å². The second kappa shape index (κ2) is 10.6. The lowest BCUT2D eigenvalue weighted by molar-refractivity contribution is -0.119. The van der Waals surface area contributed by atoms with Crippen LogP contribution in [0.4, 0.5) is 0 Å². The van der Waals surface area contributed by atoms with Crippen LogP contribution < -0.4 is 5.32 Å². The number of carbonyl (C=O) groups excluding carboxylic acids is 1. The number of aromatic amines is 1. The molecule has 6 heteroatoms. The van der Waals surface area contributed by atoms with Crippen LogP contribution in [0.3, 0.4) is 0 Å². The van der Waals surface area contributed by atoms with Gasteiger partial charge in [0.25, 0.3) is 0 Å². The van der Waals surface area contributed by atoms with E-state index in [-0.39, 0.29) is 11.9 Å². The second-order valence-electron chi connectivity index (χ2n) is 8.20. The molecule has 5 nitrogen and oxygen atoms in total. The number of benzene rings is 1. The number of nitrogens with zero attached hydrogens (tertiary/aromatic N) is 2. The quantitative estimate of drug-likeness (QED) is 0.555. The number of thioether (sulfide) groups is 1. The molecule has 0 aliphatic heterocycles. The highest BCUT2D eigenvalue weighted by atomic mass is 32.2. The highest BCUT2D eigenvalue weighted by Crippen LogP contribution is 2.28. The van der Waals surface area contributed by atoms with Crippen LogP contribution in [0.5, 0.6) is 0 Å². The molecule has 1 aliphatic carbocycles. The smallest absolute Gasteiger partial charge is 0.230 e. The highest BCUT2D eigenvalue weighted by molar-refractivity contribution is 7.99. The van der Waals surface area contributed by atoms with E-state index in [4.69, 9.17) is 0 Å². The lowest BCUT2D eigenvalue weighted by Gasteiger charge is -2.21. The molecular formula is C22H32N4OS. The first-order chi connectivity index (χ1) is 13.6. The summed E-state index contributed by atoms with van der Waals surface area (Å²) in [6.07, 6.45) is 8.52. The zero-order valence-electron chi connectivity index (χ0n) is 17.0. The van der Waals surface area contributed by atoms with Gasteiger partial charge in [-0.2, -0.15) is 0 Å². The van der Waals surface area contributed by atoms with Gasteiger partial charge in [-0.1, -0.05) is 81.6 Å². The monoisotopic (exact) mass is 400 g/mol. The fraction of sp³-hybridized carbons (Fsp3) is 0.591. The molecule has 152 valence electrons. The number of amides is 1. The van der Waals surface area contributed by atoms with E-state index in [1.54, 1.807) is 0 Å². The molecule has 1 aromatic carbocycles. The van der Waals surface area contributed by atoms with Crippen molar-refractivity contribution in [3.05, 3.63) is 41.7 Å². The van der Waals surface area contributed by atoms with Crippen LogP contribution in [0.2, 0.25) is 0 Å². The molecule has 1 aromatic heterocycles. The van der Waals surface area contributed by atoms with E-state index >= 15 is 0 Å². The van der Waals surface area contributed by atoms with E-state index in [9.17, 15) is 4.79 Å². The van der Waals surface area contributed by atoms with E-state index in [2.05, 4.69) is 46.5 Å². The Morgan fingerprint density at radius 3 is 2.71 bits per heavy atom. The minimum atomic E-state index is 0.0248. The average molecular weight is 401 g/mol. The van der Waals surface area contributed by atoms with Crippen molar-refractivity contribution in [3.8, 4) is 0 Å². The van der Waals surface area contributed by atoms with Gasteiger partial charge in [0.05, 0.1) is 11.8 Å². The third kappa shape index (κ3) is 6.66. The van der Waals surface area contributed by atoms with E-state index in [1.165, 1.54) is 43.9 Å². The molecule has 1 saturated carbocycles. The molecule has 1 atom stereocenters. The van der Waals surface area contributed by atoms with Crippen molar-refractivity contribution in [1.29, 1.82) is 0 Å². The van der Waals surface area contributed by atoms with Gasteiger partial charge in [0.15, 0.2) is 0 Å². The SMILES string of the molecule is CC(C)CC(NC(=O)CSc1n[nH]c(CCC2CCCC2)n1)c1ccccc1. The van der Waals surface area contributed by atoms with Crippen LogP contribution in [0.15, 0.2) is 35.5 Å². The number of carbonyl (C=O) groups is 1. The second-order valence-corrected chi connectivity index (χ2v) is 9.15. The largest absolute Gasteiger partial charge is 0.349 e. The molecule has 0 radical (unpaired) electrons. The van der Waals surface area contributed by atoms with Gasteiger partial charge in [0.2, 0.25) is 11.1 Å². The van der Waals surface area contributed by atoms with Crippen LogP contribution in [0, 0.1) is 11.8 Å². The number of hydrogen-bond acceptors (Lipinski definition) is 4. The number of nitrogens with one attached hydrogen (secondary N) is 2. The van der Waals surface area contributed by atoms with Gasteiger partial charge in [0, 0.05) is 6.42 Å². The lowest BCUT2D eigenvalue weighted by atomic mass is 9.97. The summed E-state index contributed by atoms with van der Waals surface area (Å²) in [6.45, 7) is 4.36. The van der Waals surface area contributed by atoms with Gasteiger partial charge < -0.3 is 5.32 Å². The van der Waals surface area contributed by atoms with Crippen LogP contribution >= 0.6 is 11.8 Å². The van der Waals surface area contributed by atoms with Gasteiger partial charge in [-0.05, 0) is 30.2 Å². The Hall–Kier alpha value is -1.82. The molecule has 1 aliphatic rings. The number of rotatable bonds is 10. The number of aryl methyl sites for hydroxylation is 1. The van der Waals surface area contributed by atoms with Crippen LogP contribution in [-0.2, 0) is 11.2 Å². The van der Waals surface area contributed by atoms with E-state index in [1.807, 2.05) is 18.2 Å². The summed E-state index contributed by atoms with van der Waals surface area (Å²) < 4.78 is 0. The molecule has 1 amide bonds. The van der Waals surface area contributed by atoms with E-state index in [0.717, 1.165) is 30.1 Å². The van der Waals surface area contributed by atoms with Gasteiger partial charge in [-0.15, -0.1) is 5.10 Å². The molecule has 1 fully saturated rings. The Kier molecular flexibility index (Phi) is 7.95. The Bertz CT molecular complexity index is 725. The van der Waals surface area contributed by atoms with Crippen molar-refractivity contribution >= 4 is 17.7 Å². The summed E-state index contributed by atoms with van der Waals surface area (Å²) in [7, 11) is 0. The van der Waals surface area contributed by atoms with Crippen LogP contribution in [0.1, 0.15) is 69.8 Å². The van der Waals surface area contributed by atoms with Crippen molar-refractivity contribution in [2.24, 2.45) is 11.8 Å². The Morgan fingerprint density at radius 2 is 2.00 bits per heavy atom. The summed E-state index contributed by atoms with van der Waals surface area (Å²) in [5, 5.41) is 11.1. The maximum Gasteiger partial charge on any atom is 0.230 e. The minimum Gasteiger partial charge on any atom is -0.349 e. The van der Waals surface area contributed by atoms with Crippen molar-refractivity contribution in [1.82, 2.24) is 20.5 Å². The van der Waals surface area contributed by atoms with Crippen molar-refractivity contribution < 1.29 is 4.79 Å². The van der Waals surface area contributed by atoms with Crippen molar-refractivity contribution in [2.75, 3.05) is 5.75 Å². The number of H-pyrrole nitrogens is 1. The third-order valence-corrected chi connectivity index (χ3v) is 6.20. The Morgan fingerprint density at radius 1 is 1.25 bits per heavy atom. The standard InChI is InChI=1S/C22H32N4OS/c1-16(2)14-19(18-10-4-3-5-11-18)23-21(27)15-28-22-24-20(25-26-22)13-12-17-8-6-7-9-17/h3-5,10-11,16-17,19H,6-9,12-15H2,1-2H3,(H,23,27)(H,24,25,26). The zero-order valence-corrected chi connectivity index (χ0v) is 17.8. The van der Waals surface area contributed by atoms with Crippen LogP contribution in [0.25, 0.3) is 0 Å². The van der Waals surface area contributed by atoms with Gasteiger partial charge in [-0.3, -0.25) is 9.89 Å². The first-order valence-electron chi connectivity index (χ1n) is 10.5. The Balaban J connectivity index is 1.46. The molecule has 3 rings (SSSR count). The zero-order chi connectivity index (χ0) is 19.8. The van der Waals surface area contributed by atoms with Gasteiger partial charge in [0.1, 0.15) is 5.82 Å². The summed E-state index contributed by atoms with van der Waals surface area (Å²) in [5.41, 5.74) is 1.15. The predicted molar refractivity (Wildman–Crippen MR) is 114 cm³/mol. The topological polar surface area (TPSA) is 70.7 Å². The molecule has 2 N–H and O–H groups in total. The minimum absolute atomic E-state index is 0.0248. The summed E-state index contributed by atoms with van der Waals surface area (Å²) in [4.78, 5) is 17.0. The lowest BCUT2D eigenvalue weighted by Crippen LogP contribution is -2.30. The highest BCUT2D eigenvalue weighted by Gasteiger charge is 2.18. The predicted octanol–water partition coefficient (Wildman–Crippen LogP) is 4.92. The van der Waals surface area contributed by atoms with Gasteiger partial charge >= 0.3 is 0 Å². The fourth-order valence-electron chi connectivity index (χ4n) is 3.90. The third-order valence-electron chi connectivity index (χ3n) is 5.35. The molecule has 1 unspecified atom stereocenters. The van der Waals surface area contributed by atoms with Crippen LogP contribution in [-0.4, -0.2) is 26.8 Å². The summed E-state index contributed by atoms with van der Waals surface area (Å²) in [5.74, 6) is 2.66. The first-order valence-corrected chi connectivity index (χ1v) is 11.5. The maximum atomic E-state index is 12.5. The molecular weight excluding hydrogens is 368 g/mol. The van der Waals surface area contributed by atoms with Crippen molar-refractivity contribution in [2.45, 2.75) is 70.0 Å². The normalized spacial score (nSPS) is 15.8. The molecule has 0 saturated heterocycles. The maximum absolute atomic E-state index is 12.5. The molecule has 28 heavy (non-hydrogen) atoms. The Labute approximate surface area is 172 Å². The molecule has 0 spiro atoms. The van der Waals surface area contributed by atoms with E-state index < -0.39 is 0 Å². The number of hydrogen-bond donors (Lipinski definition) is 2. The van der Waals surface area contributed by atoms with E-state index in [0.29, 0.717) is 16.8 Å².